The quantitative estimate of drug-likeness (QED) is 0.463. The fourth-order valence-electron chi connectivity index (χ4n) is 3.89. The van der Waals surface area contributed by atoms with Gasteiger partial charge in [0.1, 0.15) is 17.9 Å². The monoisotopic (exact) mass is 452 g/mol. The van der Waals surface area contributed by atoms with E-state index >= 15 is 0 Å². The number of pyridine rings is 1. The van der Waals surface area contributed by atoms with Crippen molar-refractivity contribution in [3.8, 4) is 16.9 Å². The summed E-state index contributed by atoms with van der Waals surface area (Å²) in [6.07, 6.45) is 4.28. The van der Waals surface area contributed by atoms with Crippen molar-refractivity contribution in [2.75, 3.05) is 12.8 Å². The second-order valence-corrected chi connectivity index (χ2v) is 7.82. The molecule has 0 saturated carbocycles. The smallest absolute Gasteiger partial charge is 0.337 e. The number of aryl methyl sites for hydroxylation is 1. The lowest BCUT2D eigenvalue weighted by Gasteiger charge is -2.22. The molecule has 0 spiro atoms. The number of carboxylic acid groups (broad SMARTS) is 1. The third-order valence-electron chi connectivity index (χ3n) is 5.49. The van der Waals surface area contributed by atoms with Crippen LogP contribution in [0.25, 0.3) is 22.2 Å². The molecule has 4 rings (SSSR count). The van der Waals surface area contributed by atoms with Gasteiger partial charge in [-0.1, -0.05) is 11.6 Å². The highest BCUT2D eigenvalue weighted by atomic mass is 35.5. The van der Waals surface area contributed by atoms with Crippen LogP contribution in [0.5, 0.6) is 5.75 Å². The highest BCUT2D eigenvalue weighted by Crippen LogP contribution is 2.43. The standard InChI is InChI=1S/C22H21ClN6O3/c1-10-16(23)6-15(12(3)29-21-18(11(2)28-29)20(24)26-9-27-21)19(32-4)17(10)13-5-14(22(30)31)8-25-7-13/h5-9,12H,1-4H3,(H,30,31)(H2,24,26,27). The van der Waals surface area contributed by atoms with Gasteiger partial charge in [-0.15, -0.1) is 0 Å². The Labute approximate surface area is 188 Å². The maximum Gasteiger partial charge on any atom is 0.337 e. The van der Waals surface area contributed by atoms with Gasteiger partial charge in [0, 0.05) is 34.1 Å². The minimum Gasteiger partial charge on any atom is -0.496 e. The van der Waals surface area contributed by atoms with Crippen molar-refractivity contribution in [1.82, 2.24) is 24.7 Å². The minimum absolute atomic E-state index is 0.0689. The van der Waals surface area contributed by atoms with Crippen LogP contribution < -0.4 is 10.5 Å². The van der Waals surface area contributed by atoms with Crippen LogP contribution >= 0.6 is 11.6 Å². The Hall–Kier alpha value is -3.72. The third kappa shape index (κ3) is 3.40. The van der Waals surface area contributed by atoms with Gasteiger partial charge < -0.3 is 15.6 Å². The molecule has 3 heterocycles. The van der Waals surface area contributed by atoms with Gasteiger partial charge >= 0.3 is 5.97 Å². The van der Waals surface area contributed by atoms with Gasteiger partial charge in [0.15, 0.2) is 5.65 Å². The Morgan fingerprint density at radius 1 is 1.25 bits per heavy atom. The van der Waals surface area contributed by atoms with Gasteiger partial charge in [0.2, 0.25) is 0 Å². The van der Waals surface area contributed by atoms with E-state index in [4.69, 9.17) is 22.1 Å². The molecule has 0 amide bonds. The summed E-state index contributed by atoms with van der Waals surface area (Å²) >= 11 is 6.61. The number of anilines is 1. The molecule has 0 aliphatic rings. The molecule has 164 valence electrons. The second-order valence-electron chi connectivity index (χ2n) is 7.41. The number of benzene rings is 1. The van der Waals surface area contributed by atoms with Crippen LogP contribution in [0.1, 0.15) is 40.1 Å². The maximum atomic E-state index is 11.5. The van der Waals surface area contributed by atoms with Crippen LogP contribution in [0.2, 0.25) is 5.02 Å². The topological polar surface area (TPSA) is 129 Å². The first kappa shape index (κ1) is 21.5. The number of hydrogen-bond donors (Lipinski definition) is 2. The number of nitrogens with two attached hydrogens (primary N) is 1. The highest BCUT2D eigenvalue weighted by molar-refractivity contribution is 6.32. The molecule has 0 radical (unpaired) electrons. The van der Waals surface area contributed by atoms with Crippen molar-refractivity contribution in [3.63, 3.8) is 0 Å². The zero-order valence-electron chi connectivity index (χ0n) is 17.9. The van der Waals surface area contributed by atoms with E-state index in [1.54, 1.807) is 24.1 Å². The molecule has 0 bridgehead atoms. The number of carbonyl (C=O) groups is 1. The molecule has 3 aromatic heterocycles. The van der Waals surface area contributed by atoms with Crippen LogP contribution in [-0.2, 0) is 0 Å². The van der Waals surface area contributed by atoms with Crippen LogP contribution in [0.15, 0.2) is 30.9 Å². The number of fused-ring (bicyclic) bond motifs is 1. The summed E-state index contributed by atoms with van der Waals surface area (Å²) in [5.41, 5.74) is 10.2. The Balaban J connectivity index is 1.96. The van der Waals surface area contributed by atoms with Gasteiger partial charge in [0.05, 0.1) is 29.8 Å². The fraction of sp³-hybridized carbons (Fsp3) is 0.227. The average Bonchev–Trinajstić information content (AvgIpc) is 3.12. The van der Waals surface area contributed by atoms with E-state index in [0.717, 1.165) is 11.1 Å². The first-order valence-corrected chi connectivity index (χ1v) is 10.1. The number of aromatic nitrogens is 5. The van der Waals surface area contributed by atoms with E-state index in [0.29, 0.717) is 44.4 Å². The molecule has 0 aliphatic heterocycles. The largest absolute Gasteiger partial charge is 0.496 e. The number of halogens is 1. The van der Waals surface area contributed by atoms with Crippen LogP contribution in [0, 0.1) is 13.8 Å². The number of ether oxygens (including phenoxy) is 1. The molecule has 1 unspecified atom stereocenters. The first-order chi connectivity index (χ1) is 15.2. The van der Waals surface area contributed by atoms with E-state index in [-0.39, 0.29) is 11.6 Å². The number of rotatable bonds is 5. The summed E-state index contributed by atoms with van der Waals surface area (Å²) in [4.78, 5) is 24.0. The molecule has 10 heteroatoms. The summed E-state index contributed by atoms with van der Waals surface area (Å²) < 4.78 is 7.57. The summed E-state index contributed by atoms with van der Waals surface area (Å²) in [6, 6.07) is 3.04. The Morgan fingerprint density at radius 3 is 2.69 bits per heavy atom. The van der Waals surface area contributed by atoms with Gasteiger partial charge in [-0.2, -0.15) is 5.10 Å². The lowest BCUT2D eigenvalue weighted by Crippen LogP contribution is -2.12. The molecule has 4 aromatic rings. The van der Waals surface area contributed by atoms with Crippen molar-refractivity contribution in [2.45, 2.75) is 26.8 Å². The zero-order chi connectivity index (χ0) is 23.2. The fourth-order valence-corrected chi connectivity index (χ4v) is 4.10. The molecular formula is C22H21ClN6O3. The molecule has 1 atom stereocenters. The van der Waals surface area contributed by atoms with Crippen LogP contribution in [0.3, 0.4) is 0 Å². The van der Waals surface area contributed by atoms with Crippen LogP contribution in [0.4, 0.5) is 5.82 Å². The molecule has 0 saturated heterocycles. The third-order valence-corrected chi connectivity index (χ3v) is 5.89. The molecule has 0 aliphatic carbocycles. The Morgan fingerprint density at radius 2 is 2.00 bits per heavy atom. The molecule has 9 nitrogen and oxygen atoms in total. The predicted molar refractivity (Wildman–Crippen MR) is 121 cm³/mol. The van der Waals surface area contributed by atoms with Crippen molar-refractivity contribution < 1.29 is 14.6 Å². The Bertz CT molecular complexity index is 1370. The second kappa shape index (κ2) is 8.08. The number of carboxylic acids is 1. The zero-order valence-corrected chi connectivity index (χ0v) is 18.7. The molecule has 1 aromatic carbocycles. The average molecular weight is 453 g/mol. The van der Waals surface area contributed by atoms with Crippen molar-refractivity contribution in [2.24, 2.45) is 0 Å². The van der Waals surface area contributed by atoms with Gasteiger partial charge in [-0.05, 0) is 38.5 Å². The number of methoxy groups -OCH3 is 1. The van der Waals surface area contributed by atoms with Gasteiger partial charge in [-0.3, -0.25) is 4.98 Å². The van der Waals surface area contributed by atoms with Crippen LogP contribution in [-0.4, -0.2) is 42.9 Å². The van der Waals surface area contributed by atoms with Crippen molar-refractivity contribution >= 4 is 34.4 Å². The summed E-state index contributed by atoms with van der Waals surface area (Å²) in [5.74, 6) is -0.161. The summed E-state index contributed by atoms with van der Waals surface area (Å²) in [6.45, 7) is 5.64. The van der Waals surface area contributed by atoms with E-state index in [1.165, 1.54) is 12.5 Å². The van der Waals surface area contributed by atoms with E-state index in [2.05, 4.69) is 20.1 Å². The molecule has 0 fully saturated rings. The molecule has 3 N–H and O–H groups in total. The van der Waals surface area contributed by atoms with Gasteiger partial charge in [-0.25, -0.2) is 19.4 Å². The number of aromatic carboxylic acids is 1. The van der Waals surface area contributed by atoms with Crippen molar-refractivity contribution in [3.05, 3.63) is 58.3 Å². The summed E-state index contributed by atoms with van der Waals surface area (Å²) in [7, 11) is 1.56. The normalized spacial score (nSPS) is 12.2. The lowest BCUT2D eigenvalue weighted by molar-refractivity contribution is 0.0696. The maximum absolute atomic E-state index is 11.5. The highest BCUT2D eigenvalue weighted by Gasteiger charge is 2.25. The molecule has 32 heavy (non-hydrogen) atoms. The molecular weight excluding hydrogens is 432 g/mol. The number of hydrogen-bond acceptors (Lipinski definition) is 7. The minimum atomic E-state index is -1.07. The Kier molecular flexibility index (Phi) is 5.43. The van der Waals surface area contributed by atoms with E-state index in [1.807, 2.05) is 26.8 Å². The number of nitrogen functional groups attached to an aromatic ring is 1. The summed E-state index contributed by atoms with van der Waals surface area (Å²) in [5, 5.41) is 15.2. The van der Waals surface area contributed by atoms with E-state index in [9.17, 15) is 9.90 Å². The van der Waals surface area contributed by atoms with Gasteiger partial charge in [0.25, 0.3) is 0 Å². The SMILES string of the molecule is COc1c(C(C)n2nc(C)c3c(N)ncnc32)cc(Cl)c(C)c1-c1cncc(C(=O)O)c1. The van der Waals surface area contributed by atoms with Crippen molar-refractivity contribution in [1.29, 1.82) is 0 Å². The lowest BCUT2D eigenvalue weighted by atomic mass is 9.94. The number of nitrogens with zero attached hydrogens (tertiary/aromatic N) is 5. The first-order valence-electron chi connectivity index (χ1n) is 9.75. The predicted octanol–water partition coefficient (Wildman–Crippen LogP) is 4.06. The van der Waals surface area contributed by atoms with E-state index < -0.39 is 5.97 Å².